The number of nitrogens with two attached hydrogens (primary N) is 2. The van der Waals surface area contributed by atoms with Crippen LogP contribution in [0.5, 0.6) is 11.5 Å². The van der Waals surface area contributed by atoms with Crippen molar-refractivity contribution in [1.29, 1.82) is 0 Å². The van der Waals surface area contributed by atoms with E-state index in [1.54, 1.807) is 30.1 Å². The summed E-state index contributed by atoms with van der Waals surface area (Å²) < 4.78 is 31.4. The zero-order chi connectivity index (χ0) is 26.3. The molecule has 1 saturated carbocycles. The number of aliphatic carboxylic acids is 2. The first-order valence-corrected chi connectivity index (χ1v) is 11.7. The van der Waals surface area contributed by atoms with E-state index in [0.717, 1.165) is 23.0 Å². The summed E-state index contributed by atoms with van der Waals surface area (Å²) in [6, 6.07) is 11.8. The number of thioether (sulfide) groups is 1. The number of nitrogens with zero attached hydrogens (tertiary/aromatic N) is 1. The largest absolute Gasteiger partial charge is 0.480 e. The van der Waals surface area contributed by atoms with Crippen molar-refractivity contribution in [2.45, 2.75) is 17.7 Å². The van der Waals surface area contributed by atoms with Gasteiger partial charge in [0.05, 0.1) is 4.90 Å². The van der Waals surface area contributed by atoms with Gasteiger partial charge in [-0.1, -0.05) is 0 Å². The molecule has 1 fully saturated rings. The number of halogens is 2. The Morgan fingerprint density at radius 1 is 0.972 bits per heavy atom. The number of fused-ring (bicyclic) bond motifs is 1. The molecule has 2 aromatic carbocycles. The predicted octanol–water partition coefficient (Wildman–Crippen LogP) is 4.46. The minimum absolute atomic E-state index is 0.161. The Morgan fingerprint density at radius 2 is 1.61 bits per heavy atom. The smallest absolute Gasteiger partial charge is 0.321 e. The minimum atomic E-state index is -1.42. The van der Waals surface area contributed by atoms with Gasteiger partial charge in [-0.3, -0.25) is 9.59 Å². The average Bonchev–Trinajstić information content (AvgIpc) is 3.67. The summed E-state index contributed by atoms with van der Waals surface area (Å²) in [5.74, 6) is -0.674. The van der Waals surface area contributed by atoms with Crippen molar-refractivity contribution >= 4 is 40.9 Å². The van der Waals surface area contributed by atoms with E-state index in [1.165, 1.54) is 36.4 Å². The van der Waals surface area contributed by atoms with Crippen molar-refractivity contribution in [3.8, 4) is 11.5 Å². The first-order chi connectivity index (χ1) is 17.1. The number of carboxylic acids is 2. The number of ether oxygens (including phenoxy) is 1. The molecule has 36 heavy (non-hydrogen) atoms. The van der Waals surface area contributed by atoms with Gasteiger partial charge in [0, 0.05) is 42.0 Å². The van der Waals surface area contributed by atoms with Crippen molar-refractivity contribution in [3.63, 3.8) is 0 Å². The molecule has 190 valence electrons. The van der Waals surface area contributed by atoms with E-state index in [4.69, 9.17) is 26.4 Å². The van der Waals surface area contributed by atoms with Crippen LogP contribution in [0, 0.1) is 17.0 Å². The van der Waals surface area contributed by atoms with Crippen molar-refractivity contribution in [3.05, 3.63) is 66.4 Å². The molecule has 12 heteroatoms. The number of rotatable bonds is 4. The maximum atomic E-state index is 13.7. The fourth-order valence-electron chi connectivity index (χ4n) is 2.92. The van der Waals surface area contributed by atoms with Crippen LogP contribution in [0.4, 0.5) is 26.0 Å². The topological polar surface area (TPSA) is 161 Å². The van der Waals surface area contributed by atoms with E-state index in [9.17, 15) is 18.4 Å². The van der Waals surface area contributed by atoms with E-state index in [0.29, 0.717) is 17.1 Å². The van der Waals surface area contributed by atoms with Crippen LogP contribution in [0.2, 0.25) is 0 Å². The zero-order valence-corrected chi connectivity index (χ0v) is 19.7. The highest BCUT2D eigenvalue weighted by Crippen LogP contribution is 2.46. The van der Waals surface area contributed by atoms with Crippen molar-refractivity contribution in [1.82, 2.24) is 4.98 Å². The number of carboxylic acid groups (broad SMARTS) is 2. The Balaban J connectivity index is 0.000000176. The van der Waals surface area contributed by atoms with Gasteiger partial charge in [-0.2, -0.15) is 0 Å². The van der Waals surface area contributed by atoms with E-state index in [-0.39, 0.29) is 24.4 Å². The molecule has 0 bridgehead atoms. The summed E-state index contributed by atoms with van der Waals surface area (Å²) >= 11 is 1.65. The number of nitrogen functional groups attached to an aromatic ring is 2. The fourth-order valence-corrected chi connectivity index (χ4v) is 3.85. The number of carbonyl (C=O) groups is 2. The van der Waals surface area contributed by atoms with Crippen LogP contribution in [0.3, 0.4) is 0 Å². The number of benzene rings is 2. The van der Waals surface area contributed by atoms with Crippen LogP contribution in [0.25, 0.3) is 0 Å². The third-order valence-corrected chi connectivity index (χ3v) is 6.22. The van der Waals surface area contributed by atoms with Crippen LogP contribution >= 0.6 is 11.8 Å². The second kappa shape index (κ2) is 11.6. The molecule has 2 aliphatic rings. The van der Waals surface area contributed by atoms with Gasteiger partial charge in [0.1, 0.15) is 17.4 Å². The summed E-state index contributed by atoms with van der Waals surface area (Å²) in [5.41, 5.74) is 10.3. The normalized spacial score (nSPS) is 14.4. The molecule has 1 aliphatic heterocycles. The minimum Gasteiger partial charge on any atom is -0.480 e. The monoisotopic (exact) mass is 518 g/mol. The zero-order valence-electron chi connectivity index (χ0n) is 18.9. The molecule has 7 N–H and O–H groups in total. The van der Waals surface area contributed by atoms with Crippen LogP contribution in [-0.4, -0.2) is 39.4 Å². The summed E-state index contributed by atoms with van der Waals surface area (Å²) in [4.78, 5) is 25.4. The van der Waals surface area contributed by atoms with Gasteiger partial charge >= 0.3 is 11.9 Å². The first kappa shape index (κ1) is 26.5. The third-order valence-electron chi connectivity index (χ3n) is 5.12. The lowest BCUT2D eigenvalue weighted by Gasteiger charge is -2.19. The number of hydrogen-bond donors (Lipinski definition) is 5. The molecule has 0 spiro atoms. The van der Waals surface area contributed by atoms with E-state index < -0.39 is 23.2 Å². The molecule has 0 atom stereocenters. The molecule has 0 unspecified atom stereocenters. The summed E-state index contributed by atoms with van der Waals surface area (Å²) in [5, 5.41) is 19.8. The summed E-state index contributed by atoms with van der Waals surface area (Å²) in [6.07, 6.45) is 2.19. The van der Waals surface area contributed by atoms with Gasteiger partial charge in [0.2, 0.25) is 0 Å². The van der Waals surface area contributed by atoms with Gasteiger partial charge in [-0.05, 0) is 49.2 Å². The molecule has 1 aliphatic carbocycles. The van der Waals surface area contributed by atoms with E-state index in [2.05, 4.69) is 10.3 Å². The standard InChI is InChI=1S/C13H12FN3OS.C6H6FN.C5H6O4/c14-9-7-8(15)1-2-10(9)18-11-3-4-16-13-12(11)19-6-5-17-13;7-5-1-3-6(8)4-2-5;6-3(7)5(1-2-5)4(8)9/h1-4,7H,5-6,15H2,(H,16,17);1-4H,8H2;1-2H2,(H,6,7)(H,8,9). The molecule has 0 radical (unpaired) electrons. The lowest BCUT2D eigenvalue weighted by molar-refractivity contribution is -0.156. The summed E-state index contributed by atoms with van der Waals surface area (Å²) in [7, 11) is 0. The first-order valence-electron chi connectivity index (χ1n) is 10.7. The molecule has 9 nitrogen and oxygen atoms in total. The number of nitrogens with one attached hydrogen (secondary N) is 1. The molecular weight excluding hydrogens is 494 g/mol. The number of aromatic nitrogens is 1. The highest BCUT2D eigenvalue weighted by atomic mass is 32.2. The fraction of sp³-hybridized carbons (Fsp3) is 0.208. The Morgan fingerprint density at radius 3 is 2.14 bits per heavy atom. The predicted molar refractivity (Wildman–Crippen MR) is 132 cm³/mol. The maximum absolute atomic E-state index is 13.7. The molecule has 0 saturated heterocycles. The second-order valence-corrected chi connectivity index (χ2v) is 8.90. The van der Waals surface area contributed by atoms with Crippen molar-refractivity contribution in [2.75, 3.05) is 29.1 Å². The Kier molecular flexibility index (Phi) is 8.54. The summed E-state index contributed by atoms with van der Waals surface area (Å²) in [6.45, 7) is 0.865. The van der Waals surface area contributed by atoms with E-state index >= 15 is 0 Å². The highest BCUT2D eigenvalue weighted by Gasteiger charge is 2.57. The molecule has 3 aromatic rings. The van der Waals surface area contributed by atoms with Gasteiger partial charge in [-0.15, -0.1) is 11.8 Å². The maximum Gasteiger partial charge on any atom is 0.321 e. The number of anilines is 3. The van der Waals surface area contributed by atoms with Gasteiger partial charge in [0.15, 0.2) is 17.0 Å². The Bertz CT molecular complexity index is 1200. The van der Waals surface area contributed by atoms with Gasteiger partial charge < -0.3 is 31.7 Å². The Labute approximate surface area is 209 Å². The SMILES string of the molecule is Nc1ccc(F)cc1.Nc1ccc(Oc2ccnc3c2SCCN3)c(F)c1.O=C(O)C1(C(=O)O)CC1. The second-order valence-electron chi connectivity index (χ2n) is 7.80. The molecule has 1 aromatic heterocycles. The van der Waals surface area contributed by atoms with Crippen LogP contribution in [-0.2, 0) is 9.59 Å². The van der Waals surface area contributed by atoms with Crippen molar-refractivity contribution in [2.24, 2.45) is 5.41 Å². The van der Waals surface area contributed by atoms with Crippen LogP contribution < -0.4 is 21.5 Å². The highest BCUT2D eigenvalue weighted by molar-refractivity contribution is 7.99. The molecular formula is C24H24F2N4O5S. The number of pyridine rings is 1. The molecule has 2 heterocycles. The van der Waals surface area contributed by atoms with Gasteiger partial charge in [-0.25, -0.2) is 13.8 Å². The third kappa shape index (κ3) is 6.75. The average molecular weight is 519 g/mol. The van der Waals surface area contributed by atoms with Gasteiger partial charge in [0.25, 0.3) is 0 Å². The lowest BCUT2D eigenvalue weighted by atomic mass is 10.1. The molecule has 0 amide bonds. The van der Waals surface area contributed by atoms with Crippen LogP contribution in [0.15, 0.2) is 59.6 Å². The lowest BCUT2D eigenvalue weighted by Crippen LogP contribution is -2.24. The molecule has 5 rings (SSSR count). The quantitative estimate of drug-likeness (QED) is 0.246. The van der Waals surface area contributed by atoms with E-state index in [1.807, 2.05) is 0 Å². The Hall–Kier alpha value is -4.06. The van der Waals surface area contributed by atoms with Crippen molar-refractivity contribution < 1.29 is 33.3 Å². The van der Waals surface area contributed by atoms with Crippen LogP contribution in [0.1, 0.15) is 12.8 Å². The number of hydrogen-bond acceptors (Lipinski definition) is 8.